The molecule has 59 heavy (non-hydrogen) atoms. The first-order valence-corrected chi connectivity index (χ1v) is 21.3. The number of amides is 3. The zero-order chi connectivity index (χ0) is 42.1. The van der Waals surface area contributed by atoms with Gasteiger partial charge in [-0.3, -0.25) is 34.0 Å². The summed E-state index contributed by atoms with van der Waals surface area (Å²) in [7, 11) is 0. The lowest BCUT2D eigenvalue weighted by molar-refractivity contribution is -0.139. The Kier molecular flexibility index (Phi) is 20.8. The van der Waals surface area contributed by atoms with Gasteiger partial charge in [0.2, 0.25) is 5.91 Å². The van der Waals surface area contributed by atoms with Gasteiger partial charge in [-0.05, 0) is 82.7 Å². The van der Waals surface area contributed by atoms with Crippen LogP contribution in [0.15, 0.2) is 72.8 Å². The maximum Gasteiger partial charge on any atom is 0.314 e. The number of rotatable bonds is 30. The van der Waals surface area contributed by atoms with Crippen LogP contribution in [0.1, 0.15) is 121 Å². The van der Waals surface area contributed by atoms with E-state index in [1.165, 1.54) is 0 Å². The van der Waals surface area contributed by atoms with Crippen LogP contribution in [0.5, 0.6) is 0 Å². The lowest BCUT2D eigenvalue weighted by Crippen LogP contribution is -2.41. The molecule has 0 radical (unpaired) electrons. The van der Waals surface area contributed by atoms with Crippen LogP contribution in [0, 0.1) is 0 Å². The Morgan fingerprint density at radius 2 is 1.25 bits per heavy atom. The summed E-state index contributed by atoms with van der Waals surface area (Å²) in [6, 6.07) is 24.0. The molecule has 3 amide bonds. The standard InChI is InChI=1S/C46H62N6O7/c1-35(24-29-45(56)57)48-46(58)47-30-14-5-4-7-19-40(54)18-6-2-3-8-22-43(55)51-44(59-34-53)23-13-15-31-52(32-38-27-25-36-16-9-11-20-41(36)49-38)33-39-28-26-37-17-10-12-21-42(37)50-39/h9-12,16-17,20-21,25-28,34-35,44H,2-8,13-15,18-19,22-24,29-33H2,1H3,(H,51,55)(H,56,57)(H2,47,48,58). The number of carboxylic acid groups (broad SMARTS) is 1. The molecule has 2 aromatic carbocycles. The minimum absolute atomic E-state index is 0.0165. The van der Waals surface area contributed by atoms with Gasteiger partial charge in [-0.1, -0.05) is 74.2 Å². The third-order valence-corrected chi connectivity index (χ3v) is 10.3. The first kappa shape index (κ1) is 46.3. The normalized spacial score (nSPS) is 12.2. The van der Waals surface area contributed by atoms with E-state index in [2.05, 4.69) is 57.2 Å². The molecule has 0 saturated heterocycles. The number of benzene rings is 2. The summed E-state index contributed by atoms with van der Waals surface area (Å²) in [6.07, 6.45) is 9.89. The van der Waals surface area contributed by atoms with Gasteiger partial charge in [0.1, 0.15) is 5.78 Å². The molecule has 2 atom stereocenters. The fourth-order valence-electron chi connectivity index (χ4n) is 7.00. The van der Waals surface area contributed by atoms with Crippen molar-refractivity contribution in [2.75, 3.05) is 13.1 Å². The van der Waals surface area contributed by atoms with Crippen LogP contribution in [-0.4, -0.2) is 75.5 Å². The van der Waals surface area contributed by atoms with Crippen LogP contribution in [0.2, 0.25) is 0 Å². The van der Waals surface area contributed by atoms with Crippen molar-refractivity contribution in [3.8, 4) is 0 Å². The zero-order valence-corrected chi connectivity index (χ0v) is 34.5. The molecular formula is C46H62N6O7. The number of unbranched alkanes of at least 4 members (excludes halogenated alkanes) is 7. The Morgan fingerprint density at radius 1 is 0.678 bits per heavy atom. The predicted molar refractivity (Wildman–Crippen MR) is 229 cm³/mol. The van der Waals surface area contributed by atoms with E-state index < -0.39 is 12.2 Å². The van der Waals surface area contributed by atoms with E-state index in [1.54, 1.807) is 6.92 Å². The maximum atomic E-state index is 12.7. The van der Waals surface area contributed by atoms with Crippen molar-refractivity contribution < 1.29 is 33.8 Å². The molecule has 2 unspecified atom stereocenters. The Balaban J connectivity index is 1.07. The van der Waals surface area contributed by atoms with E-state index in [0.717, 1.165) is 97.5 Å². The summed E-state index contributed by atoms with van der Waals surface area (Å²) >= 11 is 0. The van der Waals surface area contributed by atoms with Crippen molar-refractivity contribution in [3.63, 3.8) is 0 Å². The van der Waals surface area contributed by atoms with Crippen molar-refractivity contribution >= 4 is 52.0 Å². The molecule has 2 heterocycles. The number of nitrogens with one attached hydrogen (secondary N) is 3. The lowest BCUT2D eigenvalue weighted by Gasteiger charge is -2.23. The summed E-state index contributed by atoms with van der Waals surface area (Å²) in [5, 5.41) is 19.3. The minimum atomic E-state index is -0.881. The second kappa shape index (κ2) is 26.5. The summed E-state index contributed by atoms with van der Waals surface area (Å²) in [6.45, 7) is 4.78. The number of pyridine rings is 2. The molecule has 2 aromatic heterocycles. The molecule has 0 aliphatic carbocycles. The summed E-state index contributed by atoms with van der Waals surface area (Å²) in [5.41, 5.74) is 3.88. The van der Waals surface area contributed by atoms with Gasteiger partial charge in [-0.15, -0.1) is 0 Å². The van der Waals surface area contributed by atoms with Gasteiger partial charge in [0.05, 0.1) is 22.4 Å². The van der Waals surface area contributed by atoms with E-state index in [4.69, 9.17) is 19.8 Å². The molecule has 0 fully saturated rings. The molecule has 0 bridgehead atoms. The summed E-state index contributed by atoms with van der Waals surface area (Å²) in [5.74, 6) is -0.780. The number of urea groups is 1. The number of ketones is 1. The molecule has 0 spiro atoms. The van der Waals surface area contributed by atoms with E-state index in [1.807, 2.05) is 36.4 Å². The zero-order valence-electron chi connectivity index (χ0n) is 34.5. The van der Waals surface area contributed by atoms with Crippen LogP contribution >= 0.6 is 0 Å². The number of Topliss-reactive ketones (excluding diaryl/α,β-unsaturated/α-hetero) is 1. The molecule has 13 heteroatoms. The Morgan fingerprint density at radius 3 is 1.85 bits per heavy atom. The molecule has 4 rings (SSSR count). The highest BCUT2D eigenvalue weighted by Crippen LogP contribution is 2.18. The number of para-hydroxylation sites is 2. The lowest BCUT2D eigenvalue weighted by atomic mass is 10.0. The van der Waals surface area contributed by atoms with E-state index in [-0.39, 0.29) is 30.2 Å². The van der Waals surface area contributed by atoms with Crippen LogP contribution in [0.4, 0.5) is 4.79 Å². The molecule has 0 saturated carbocycles. The van der Waals surface area contributed by atoms with Gasteiger partial charge < -0.3 is 25.8 Å². The predicted octanol–water partition coefficient (Wildman–Crippen LogP) is 7.98. The topological polar surface area (TPSA) is 180 Å². The number of fused-ring (bicyclic) bond motifs is 2. The molecule has 4 aromatic rings. The highest BCUT2D eigenvalue weighted by atomic mass is 16.5. The number of nitrogens with zero attached hydrogens (tertiary/aromatic N) is 3. The highest BCUT2D eigenvalue weighted by Gasteiger charge is 2.15. The van der Waals surface area contributed by atoms with Crippen molar-refractivity contribution in [3.05, 3.63) is 84.2 Å². The molecular weight excluding hydrogens is 749 g/mol. The monoisotopic (exact) mass is 810 g/mol. The van der Waals surface area contributed by atoms with Crippen LogP contribution < -0.4 is 16.0 Å². The molecule has 318 valence electrons. The minimum Gasteiger partial charge on any atom is -0.481 e. The number of aliphatic carboxylic acids is 1. The highest BCUT2D eigenvalue weighted by molar-refractivity contribution is 5.79. The van der Waals surface area contributed by atoms with Gasteiger partial charge in [-0.2, -0.15) is 0 Å². The van der Waals surface area contributed by atoms with E-state index in [9.17, 15) is 24.0 Å². The number of hydrogen-bond acceptors (Lipinski definition) is 9. The van der Waals surface area contributed by atoms with Gasteiger partial charge in [0.25, 0.3) is 6.47 Å². The smallest absolute Gasteiger partial charge is 0.314 e. The average molecular weight is 811 g/mol. The van der Waals surface area contributed by atoms with Crippen LogP contribution in [0.3, 0.4) is 0 Å². The van der Waals surface area contributed by atoms with E-state index >= 15 is 0 Å². The Labute approximate surface area is 348 Å². The Hall–Kier alpha value is -5.43. The number of carboxylic acids is 1. The van der Waals surface area contributed by atoms with Gasteiger partial charge in [0.15, 0.2) is 6.23 Å². The molecule has 4 N–H and O–H groups in total. The van der Waals surface area contributed by atoms with Crippen molar-refractivity contribution in [2.24, 2.45) is 0 Å². The Bertz CT molecular complexity index is 1840. The van der Waals surface area contributed by atoms with Gasteiger partial charge in [-0.25, -0.2) is 4.79 Å². The number of hydrogen-bond donors (Lipinski definition) is 4. The number of ether oxygens (including phenoxy) is 1. The van der Waals surface area contributed by atoms with Gasteiger partial charge in [0, 0.05) is 68.6 Å². The quantitative estimate of drug-likeness (QED) is 0.0229. The van der Waals surface area contributed by atoms with E-state index in [0.29, 0.717) is 64.6 Å². The molecule has 0 aliphatic heterocycles. The number of carbonyl (C=O) groups excluding carboxylic acids is 4. The second-order valence-electron chi connectivity index (χ2n) is 15.3. The summed E-state index contributed by atoms with van der Waals surface area (Å²) < 4.78 is 5.24. The number of aromatic nitrogens is 2. The molecule has 0 aliphatic rings. The average Bonchev–Trinajstić information content (AvgIpc) is 3.22. The summed E-state index contributed by atoms with van der Waals surface area (Å²) in [4.78, 5) is 71.0. The number of carbonyl (C=O) groups is 5. The fraction of sp³-hybridized carbons (Fsp3) is 0.500. The van der Waals surface area contributed by atoms with Crippen molar-refractivity contribution in [1.82, 2.24) is 30.8 Å². The second-order valence-corrected chi connectivity index (χ2v) is 15.3. The van der Waals surface area contributed by atoms with Crippen molar-refractivity contribution in [1.29, 1.82) is 0 Å². The van der Waals surface area contributed by atoms with Crippen LogP contribution in [-0.2, 0) is 37.0 Å². The largest absolute Gasteiger partial charge is 0.481 e. The van der Waals surface area contributed by atoms with Crippen molar-refractivity contribution in [2.45, 2.75) is 135 Å². The maximum absolute atomic E-state index is 12.7. The third kappa shape index (κ3) is 18.8. The SMILES string of the molecule is CC(CCC(=O)O)NC(=O)NCCCCCCC(=O)CCCCCCC(=O)NC(CCCCN(Cc1ccc2ccccc2n1)Cc1ccc2ccccc2n1)OC=O. The third-order valence-electron chi connectivity index (χ3n) is 10.3. The first-order valence-electron chi connectivity index (χ1n) is 21.3. The molecule has 13 nitrogen and oxygen atoms in total. The first-order chi connectivity index (χ1) is 28.7. The fourth-order valence-corrected chi connectivity index (χ4v) is 7.00. The van der Waals surface area contributed by atoms with Gasteiger partial charge >= 0.3 is 12.0 Å². The van der Waals surface area contributed by atoms with Crippen LogP contribution in [0.25, 0.3) is 21.8 Å².